The molecule has 2 fully saturated rings. The molecule has 0 bridgehead atoms. The molecule has 2 saturated heterocycles. The Morgan fingerprint density at radius 2 is 2.40 bits per heavy atom. The molecule has 1 atom stereocenters. The number of hydrogen-bond acceptors (Lipinski definition) is 4. The third-order valence-electron chi connectivity index (χ3n) is 2.95. The van der Waals surface area contributed by atoms with Crippen LogP contribution in [0.25, 0.3) is 0 Å². The van der Waals surface area contributed by atoms with Gasteiger partial charge in [-0.25, -0.2) is 0 Å². The summed E-state index contributed by atoms with van der Waals surface area (Å²) in [4.78, 5) is 15.7. The van der Waals surface area contributed by atoms with Crippen LogP contribution in [0.2, 0.25) is 0 Å². The van der Waals surface area contributed by atoms with Gasteiger partial charge in [0.1, 0.15) is 0 Å². The van der Waals surface area contributed by atoms with Gasteiger partial charge in [-0.05, 0) is 7.05 Å². The molecule has 5 nitrogen and oxygen atoms in total. The fraction of sp³-hybridized carbons (Fsp3) is 0.900. The molecule has 0 aliphatic carbocycles. The number of rotatable bonds is 2. The van der Waals surface area contributed by atoms with Crippen LogP contribution in [0.15, 0.2) is 0 Å². The zero-order valence-electron chi connectivity index (χ0n) is 9.24. The molecular formula is C10H19N3O2. The molecule has 2 heterocycles. The highest BCUT2D eigenvalue weighted by molar-refractivity contribution is 5.79. The predicted molar refractivity (Wildman–Crippen MR) is 56.7 cm³/mol. The zero-order valence-corrected chi connectivity index (χ0v) is 9.24. The van der Waals surface area contributed by atoms with Crippen LogP contribution < -0.4 is 5.32 Å². The number of morpholine rings is 1. The summed E-state index contributed by atoms with van der Waals surface area (Å²) in [6, 6.07) is 0. The van der Waals surface area contributed by atoms with Crippen LogP contribution in [0, 0.1) is 0 Å². The third kappa shape index (κ3) is 2.90. The molecule has 2 rings (SSSR count). The van der Waals surface area contributed by atoms with Gasteiger partial charge in [-0.1, -0.05) is 0 Å². The van der Waals surface area contributed by atoms with Crippen LogP contribution in [0.3, 0.4) is 0 Å². The van der Waals surface area contributed by atoms with Crippen LogP contribution in [0.5, 0.6) is 0 Å². The Morgan fingerprint density at radius 3 is 3.13 bits per heavy atom. The number of carbonyl (C=O) groups is 1. The SMILES string of the molecule is CN1CCOC(CN2CCNCC2=O)C1. The topological polar surface area (TPSA) is 44.8 Å². The normalized spacial score (nSPS) is 29.5. The summed E-state index contributed by atoms with van der Waals surface area (Å²) >= 11 is 0. The Balaban J connectivity index is 1.81. The standard InChI is InChI=1S/C10H19N3O2/c1-12-4-5-15-9(7-12)8-13-3-2-11-6-10(13)14/h9,11H,2-8H2,1H3. The lowest BCUT2D eigenvalue weighted by Gasteiger charge is -2.35. The first-order chi connectivity index (χ1) is 7.25. The molecule has 0 aromatic rings. The highest BCUT2D eigenvalue weighted by Crippen LogP contribution is 2.06. The first-order valence-corrected chi connectivity index (χ1v) is 5.54. The molecule has 0 aromatic carbocycles. The van der Waals surface area contributed by atoms with Crippen molar-refractivity contribution in [2.45, 2.75) is 6.10 Å². The van der Waals surface area contributed by atoms with E-state index in [-0.39, 0.29) is 12.0 Å². The number of nitrogens with one attached hydrogen (secondary N) is 1. The molecule has 0 spiro atoms. The van der Waals surface area contributed by atoms with E-state index in [0.29, 0.717) is 6.54 Å². The minimum absolute atomic E-state index is 0.186. The van der Waals surface area contributed by atoms with E-state index < -0.39 is 0 Å². The summed E-state index contributed by atoms with van der Waals surface area (Å²) in [5.41, 5.74) is 0. The lowest BCUT2D eigenvalue weighted by atomic mass is 10.2. The molecule has 1 unspecified atom stereocenters. The average Bonchev–Trinajstić information content (AvgIpc) is 2.22. The summed E-state index contributed by atoms with van der Waals surface area (Å²) in [6.45, 7) is 5.62. The van der Waals surface area contributed by atoms with E-state index >= 15 is 0 Å². The maximum absolute atomic E-state index is 11.5. The fourth-order valence-corrected chi connectivity index (χ4v) is 2.06. The minimum atomic E-state index is 0.186. The quantitative estimate of drug-likeness (QED) is 0.622. The summed E-state index contributed by atoms with van der Waals surface area (Å²) in [6.07, 6.45) is 0.186. The Hall–Kier alpha value is -0.650. The molecule has 1 amide bonds. The maximum atomic E-state index is 11.5. The summed E-state index contributed by atoms with van der Waals surface area (Å²) in [7, 11) is 2.09. The Kier molecular flexibility index (Phi) is 3.56. The molecular weight excluding hydrogens is 194 g/mol. The highest BCUT2D eigenvalue weighted by Gasteiger charge is 2.24. The molecule has 5 heteroatoms. The van der Waals surface area contributed by atoms with E-state index in [1.165, 1.54) is 0 Å². The van der Waals surface area contributed by atoms with Gasteiger partial charge in [-0.15, -0.1) is 0 Å². The molecule has 0 aromatic heterocycles. The lowest BCUT2D eigenvalue weighted by molar-refractivity contribution is -0.135. The second kappa shape index (κ2) is 4.92. The van der Waals surface area contributed by atoms with Gasteiger partial charge in [0.05, 0.1) is 19.3 Å². The van der Waals surface area contributed by atoms with Gasteiger partial charge in [0, 0.05) is 32.7 Å². The van der Waals surface area contributed by atoms with Gasteiger partial charge in [0.15, 0.2) is 0 Å². The third-order valence-corrected chi connectivity index (χ3v) is 2.95. The van der Waals surface area contributed by atoms with Crippen molar-refractivity contribution in [2.75, 3.05) is 52.9 Å². The average molecular weight is 213 g/mol. The molecule has 2 aliphatic rings. The van der Waals surface area contributed by atoms with Gasteiger partial charge in [-0.2, -0.15) is 0 Å². The first kappa shape index (κ1) is 10.9. The van der Waals surface area contributed by atoms with Crippen LogP contribution in [0.1, 0.15) is 0 Å². The Morgan fingerprint density at radius 1 is 1.53 bits per heavy atom. The van der Waals surface area contributed by atoms with Gasteiger partial charge < -0.3 is 19.9 Å². The molecule has 1 N–H and O–H groups in total. The molecule has 2 aliphatic heterocycles. The van der Waals surface area contributed by atoms with Crippen LogP contribution in [0.4, 0.5) is 0 Å². The van der Waals surface area contributed by atoms with Gasteiger partial charge in [-0.3, -0.25) is 4.79 Å². The number of carbonyl (C=O) groups excluding carboxylic acids is 1. The van der Waals surface area contributed by atoms with Crippen molar-refractivity contribution in [1.82, 2.24) is 15.1 Å². The Bertz CT molecular complexity index is 235. The van der Waals surface area contributed by atoms with E-state index in [4.69, 9.17) is 4.74 Å². The van der Waals surface area contributed by atoms with Crippen molar-refractivity contribution in [2.24, 2.45) is 0 Å². The number of piperazine rings is 1. The smallest absolute Gasteiger partial charge is 0.236 e. The van der Waals surface area contributed by atoms with Crippen LogP contribution >= 0.6 is 0 Å². The van der Waals surface area contributed by atoms with Gasteiger partial charge >= 0.3 is 0 Å². The van der Waals surface area contributed by atoms with Crippen molar-refractivity contribution in [3.05, 3.63) is 0 Å². The Labute approximate surface area is 90.4 Å². The minimum Gasteiger partial charge on any atom is -0.374 e. The van der Waals surface area contributed by atoms with E-state index in [2.05, 4.69) is 17.3 Å². The predicted octanol–water partition coefficient (Wildman–Crippen LogP) is -1.25. The van der Waals surface area contributed by atoms with E-state index in [0.717, 1.165) is 39.3 Å². The highest BCUT2D eigenvalue weighted by atomic mass is 16.5. The van der Waals surface area contributed by atoms with Crippen molar-refractivity contribution >= 4 is 5.91 Å². The van der Waals surface area contributed by atoms with Crippen molar-refractivity contribution in [3.8, 4) is 0 Å². The molecule has 86 valence electrons. The van der Waals surface area contributed by atoms with E-state index in [1.54, 1.807) is 0 Å². The van der Waals surface area contributed by atoms with Gasteiger partial charge in [0.25, 0.3) is 0 Å². The first-order valence-electron chi connectivity index (χ1n) is 5.54. The van der Waals surface area contributed by atoms with Crippen molar-refractivity contribution in [1.29, 1.82) is 0 Å². The summed E-state index contributed by atoms with van der Waals surface area (Å²) in [5.74, 6) is 0.193. The largest absolute Gasteiger partial charge is 0.374 e. The second-order valence-corrected chi connectivity index (χ2v) is 4.27. The number of amides is 1. The number of nitrogens with zero attached hydrogens (tertiary/aromatic N) is 2. The molecule has 0 radical (unpaired) electrons. The maximum Gasteiger partial charge on any atom is 0.236 e. The van der Waals surface area contributed by atoms with Crippen molar-refractivity contribution < 1.29 is 9.53 Å². The number of ether oxygens (including phenoxy) is 1. The van der Waals surface area contributed by atoms with E-state index in [9.17, 15) is 4.79 Å². The van der Waals surface area contributed by atoms with Gasteiger partial charge in [0.2, 0.25) is 5.91 Å². The number of hydrogen-bond donors (Lipinski definition) is 1. The number of likely N-dealkylation sites (N-methyl/N-ethyl adjacent to an activating group) is 1. The van der Waals surface area contributed by atoms with Crippen molar-refractivity contribution in [3.63, 3.8) is 0 Å². The molecule has 15 heavy (non-hydrogen) atoms. The second-order valence-electron chi connectivity index (χ2n) is 4.27. The lowest BCUT2D eigenvalue weighted by Crippen LogP contribution is -2.53. The van der Waals surface area contributed by atoms with Crippen LogP contribution in [-0.4, -0.2) is 74.7 Å². The summed E-state index contributed by atoms with van der Waals surface area (Å²) in [5, 5.41) is 3.07. The monoisotopic (exact) mass is 213 g/mol. The van der Waals surface area contributed by atoms with E-state index in [1.807, 2.05) is 4.90 Å². The molecule has 0 saturated carbocycles. The summed E-state index contributed by atoms with van der Waals surface area (Å²) < 4.78 is 5.64. The zero-order chi connectivity index (χ0) is 10.7. The van der Waals surface area contributed by atoms with Crippen LogP contribution in [-0.2, 0) is 9.53 Å². The fourth-order valence-electron chi connectivity index (χ4n) is 2.06.